The largest absolute Gasteiger partial charge is 0.363 e. The topological polar surface area (TPSA) is 50.6 Å². The number of rotatable bonds is 5. The number of aryl methyl sites for hydroxylation is 1. The van der Waals surface area contributed by atoms with E-state index in [2.05, 4.69) is 21.4 Å². The van der Waals surface area contributed by atoms with Crippen molar-refractivity contribution < 1.29 is 9.53 Å². The Bertz CT molecular complexity index is 486. The van der Waals surface area contributed by atoms with Crippen molar-refractivity contribution in [3.05, 3.63) is 18.2 Å². The van der Waals surface area contributed by atoms with Crippen molar-refractivity contribution >= 4 is 5.91 Å². The van der Waals surface area contributed by atoms with Crippen molar-refractivity contribution in [3.63, 3.8) is 0 Å². The molecular formula is C15H26N4O2. The Morgan fingerprint density at radius 3 is 2.95 bits per heavy atom. The van der Waals surface area contributed by atoms with Crippen LogP contribution < -0.4 is 0 Å². The van der Waals surface area contributed by atoms with Crippen molar-refractivity contribution in [1.82, 2.24) is 19.4 Å². The number of ether oxygens (including phenoxy) is 1. The summed E-state index contributed by atoms with van der Waals surface area (Å²) in [5.74, 6) is 1.07. The first kappa shape index (κ1) is 16.0. The van der Waals surface area contributed by atoms with E-state index in [4.69, 9.17) is 4.74 Å². The van der Waals surface area contributed by atoms with Gasteiger partial charge in [-0.25, -0.2) is 4.98 Å². The first-order chi connectivity index (χ1) is 9.96. The number of imidazole rings is 1. The summed E-state index contributed by atoms with van der Waals surface area (Å²) >= 11 is 0. The maximum Gasteiger partial charge on any atom is 0.255 e. The van der Waals surface area contributed by atoms with Gasteiger partial charge in [-0.05, 0) is 13.3 Å². The van der Waals surface area contributed by atoms with Crippen LogP contribution in [0.2, 0.25) is 0 Å². The number of morpholine rings is 1. The number of aromatic nitrogens is 2. The van der Waals surface area contributed by atoms with Crippen LogP contribution in [0.5, 0.6) is 0 Å². The maximum absolute atomic E-state index is 12.3. The van der Waals surface area contributed by atoms with Gasteiger partial charge < -0.3 is 14.2 Å². The van der Waals surface area contributed by atoms with Gasteiger partial charge in [-0.3, -0.25) is 9.69 Å². The highest BCUT2D eigenvalue weighted by molar-refractivity contribution is 5.84. The van der Waals surface area contributed by atoms with Crippen LogP contribution in [0, 0.1) is 0 Å². The third kappa shape index (κ3) is 3.63. The van der Waals surface area contributed by atoms with Gasteiger partial charge in [0.2, 0.25) is 0 Å². The average molecular weight is 294 g/mol. The molecule has 1 aromatic rings. The summed E-state index contributed by atoms with van der Waals surface area (Å²) in [6.07, 6.45) is 4.95. The van der Waals surface area contributed by atoms with Crippen molar-refractivity contribution in [2.24, 2.45) is 0 Å². The molecule has 1 unspecified atom stereocenters. The quantitative estimate of drug-likeness (QED) is 0.812. The fraction of sp³-hybridized carbons (Fsp3) is 0.733. The van der Waals surface area contributed by atoms with Crippen molar-refractivity contribution in [2.75, 3.05) is 33.8 Å². The third-order valence-corrected chi connectivity index (χ3v) is 3.84. The first-order valence-electron chi connectivity index (χ1n) is 7.54. The predicted octanol–water partition coefficient (Wildman–Crippen LogP) is 0.972. The minimum atomic E-state index is -0.760. The van der Waals surface area contributed by atoms with Crippen LogP contribution in [0.3, 0.4) is 0 Å². The van der Waals surface area contributed by atoms with E-state index in [1.54, 1.807) is 19.0 Å². The zero-order chi connectivity index (χ0) is 15.5. The van der Waals surface area contributed by atoms with Crippen LogP contribution in [-0.4, -0.2) is 64.7 Å². The number of carbonyl (C=O) groups is 1. The fourth-order valence-corrected chi connectivity index (χ4v) is 2.82. The second kappa shape index (κ2) is 6.58. The molecule has 1 amide bonds. The van der Waals surface area contributed by atoms with E-state index in [1.807, 2.05) is 19.3 Å². The second-order valence-corrected chi connectivity index (χ2v) is 6.03. The lowest BCUT2D eigenvalue weighted by atomic mass is 10.0. The molecule has 0 saturated carbocycles. The summed E-state index contributed by atoms with van der Waals surface area (Å²) < 4.78 is 7.94. The lowest BCUT2D eigenvalue weighted by molar-refractivity contribution is -0.165. The number of amides is 1. The average Bonchev–Trinajstić information content (AvgIpc) is 2.85. The van der Waals surface area contributed by atoms with Crippen molar-refractivity contribution in [3.8, 4) is 0 Å². The van der Waals surface area contributed by atoms with E-state index in [-0.39, 0.29) is 5.91 Å². The second-order valence-electron chi connectivity index (χ2n) is 6.03. The van der Waals surface area contributed by atoms with Gasteiger partial charge >= 0.3 is 0 Å². The highest BCUT2D eigenvalue weighted by Crippen LogP contribution is 2.21. The monoisotopic (exact) mass is 294 g/mol. The summed E-state index contributed by atoms with van der Waals surface area (Å²) in [5, 5.41) is 0. The van der Waals surface area contributed by atoms with Crippen LogP contribution in [0.25, 0.3) is 0 Å². The van der Waals surface area contributed by atoms with E-state index in [0.717, 1.165) is 31.9 Å². The van der Waals surface area contributed by atoms with Crippen LogP contribution >= 0.6 is 0 Å². The normalized spacial score (nSPS) is 23.2. The lowest BCUT2D eigenvalue weighted by Crippen LogP contribution is -2.57. The molecule has 6 nitrogen and oxygen atoms in total. The first-order valence-corrected chi connectivity index (χ1v) is 7.54. The molecule has 0 radical (unpaired) electrons. The number of carbonyl (C=O) groups excluding carboxylic acids is 1. The molecule has 21 heavy (non-hydrogen) atoms. The Labute approximate surface area is 126 Å². The minimum absolute atomic E-state index is 0.0177. The molecule has 0 N–H and O–H groups in total. The predicted molar refractivity (Wildman–Crippen MR) is 80.8 cm³/mol. The molecule has 1 aliphatic rings. The van der Waals surface area contributed by atoms with Gasteiger partial charge in [0.1, 0.15) is 5.82 Å². The van der Waals surface area contributed by atoms with Gasteiger partial charge in [0.05, 0.1) is 13.2 Å². The Balaban J connectivity index is 2.04. The van der Waals surface area contributed by atoms with E-state index in [0.29, 0.717) is 13.2 Å². The molecule has 0 bridgehead atoms. The Kier molecular flexibility index (Phi) is 5.00. The minimum Gasteiger partial charge on any atom is -0.363 e. The fourth-order valence-electron chi connectivity index (χ4n) is 2.82. The highest BCUT2D eigenvalue weighted by Gasteiger charge is 2.40. The van der Waals surface area contributed by atoms with Gasteiger partial charge in [-0.15, -0.1) is 0 Å². The Hall–Kier alpha value is -1.40. The molecular weight excluding hydrogens is 268 g/mol. The summed E-state index contributed by atoms with van der Waals surface area (Å²) in [4.78, 5) is 20.6. The smallest absolute Gasteiger partial charge is 0.255 e. The van der Waals surface area contributed by atoms with Crippen LogP contribution in [0.4, 0.5) is 0 Å². The Morgan fingerprint density at radius 1 is 1.52 bits per heavy atom. The molecule has 0 aromatic carbocycles. The molecule has 2 heterocycles. The molecule has 0 spiro atoms. The summed E-state index contributed by atoms with van der Waals surface area (Å²) in [6, 6.07) is 0. The molecule has 1 saturated heterocycles. The van der Waals surface area contributed by atoms with Gasteiger partial charge in [0, 0.05) is 46.1 Å². The number of hydrogen-bond donors (Lipinski definition) is 0. The van der Waals surface area contributed by atoms with E-state index in [1.165, 1.54) is 0 Å². The van der Waals surface area contributed by atoms with Gasteiger partial charge in [0.25, 0.3) is 5.91 Å². The molecule has 1 fully saturated rings. The highest BCUT2D eigenvalue weighted by atomic mass is 16.5. The van der Waals surface area contributed by atoms with E-state index < -0.39 is 5.60 Å². The molecule has 1 atom stereocenters. The van der Waals surface area contributed by atoms with Crippen LogP contribution in [0.15, 0.2) is 12.4 Å². The molecule has 6 heteroatoms. The molecule has 118 valence electrons. The SMILES string of the molecule is CCCn1ccnc1CN1CCOC(C)(C(=O)N(C)C)C1. The Morgan fingerprint density at radius 2 is 2.29 bits per heavy atom. The zero-order valence-electron chi connectivity index (χ0n) is 13.5. The van der Waals surface area contributed by atoms with E-state index in [9.17, 15) is 4.79 Å². The summed E-state index contributed by atoms with van der Waals surface area (Å²) in [5.41, 5.74) is -0.760. The molecule has 1 aliphatic heterocycles. The van der Waals surface area contributed by atoms with Crippen molar-refractivity contribution in [1.29, 1.82) is 0 Å². The number of hydrogen-bond acceptors (Lipinski definition) is 4. The third-order valence-electron chi connectivity index (χ3n) is 3.84. The molecule has 1 aromatic heterocycles. The summed E-state index contributed by atoms with van der Waals surface area (Å²) in [7, 11) is 3.54. The number of nitrogens with zero attached hydrogens (tertiary/aromatic N) is 4. The molecule has 0 aliphatic carbocycles. The van der Waals surface area contributed by atoms with Gasteiger partial charge in [-0.2, -0.15) is 0 Å². The standard InChI is InChI=1S/C15H26N4O2/c1-5-7-19-8-6-16-13(19)11-18-9-10-21-15(2,12-18)14(20)17(3)4/h6,8H,5,7,9-12H2,1-4H3. The van der Waals surface area contributed by atoms with Crippen molar-refractivity contribution in [2.45, 2.75) is 39.0 Å². The lowest BCUT2D eigenvalue weighted by Gasteiger charge is -2.40. The van der Waals surface area contributed by atoms with Crippen LogP contribution in [-0.2, 0) is 22.6 Å². The zero-order valence-corrected chi connectivity index (χ0v) is 13.5. The number of likely N-dealkylation sites (N-methyl/N-ethyl adjacent to an activating group) is 1. The van der Waals surface area contributed by atoms with Gasteiger partial charge in [0.15, 0.2) is 5.60 Å². The summed E-state index contributed by atoms with van der Waals surface area (Å²) in [6.45, 7) is 7.77. The molecule has 2 rings (SSSR count). The van der Waals surface area contributed by atoms with E-state index >= 15 is 0 Å². The van der Waals surface area contributed by atoms with Gasteiger partial charge in [-0.1, -0.05) is 6.92 Å². The van der Waals surface area contributed by atoms with Crippen LogP contribution in [0.1, 0.15) is 26.1 Å². The maximum atomic E-state index is 12.3.